The number of aryl methyl sites for hydroxylation is 3. The van der Waals surface area contributed by atoms with Gasteiger partial charge in [-0.2, -0.15) is 0 Å². The highest BCUT2D eigenvalue weighted by atomic mass is 32.2. The van der Waals surface area contributed by atoms with Gasteiger partial charge in [-0.25, -0.2) is 9.00 Å². The van der Waals surface area contributed by atoms with Gasteiger partial charge in [0.05, 0.1) is 11.3 Å². The van der Waals surface area contributed by atoms with Crippen LogP contribution in [0.2, 0.25) is 0 Å². The molecule has 3 aromatic rings. The van der Waals surface area contributed by atoms with Gasteiger partial charge in [0.2, 0.25) is 5.09 Å². The molecule has 1 aliphatic rings. The second kappa shape index (κ2) is 9.58. The molecule has 7 heteroatoms. The van der Waals surface area contributed by atoms with E-state index in [4.69, 9.17) is 14.3 Å². The Morgan fingerprint density at radius 2 is 1.76 bits per heavy atom. The van der Waals surface area contributed by atoms with Crippen molar-refractivity contribution in [1.29, 1.82) is 0 Å². The van der Waals surface area contributed by atoms with Crippen molar-refractivity contribution in [3.63, 3.8) is 0 Å². The van der Waals surface area contributed by atoms with Crippen LogP contribution in [0.5, 0.6) is 5.75 Å². The number of carbonyl (C=O) groups is 1. The average molecular weight is 482 g/mol. The van der Waals surface area contributed by atoms with Crippen LogP contribution in [0.25, 0.3) is 0 Å². The molecule has 0 saturated heterocycles. The van der Waals surface area contributed by atoms with Crippen molar-refractivity contribution in [2.24, 2.45) is 0 Å². The van der Waals surface area contributed by atoms with Crippen LogP contribution in [-0.4, -0.2) is 27.2 Å². The number of anilines is 1. The fourth-order valence-electron chi connectivity index (χ4n) is 4.40. The van der Waals surface area contributed by atoms with Gasteiger partial charge in [-0.05, 0) is 105 Å². The molecule has 1 heterocycles. The largest absolute Gasteiger partial charge is 0.487 e. The van der Waals surface area contributed by atoms with Gasteiger partial charge in [0, 0.05) is 6.04 Å². The summed E-state index contributed by atoms with van der Waals surface area (Å²) in [6.45, 7) is 6.04. The Labute approximate surface area is 201 Å². The highest BCUT2D eigenvalue weighted by molar-refractivity contribution is 8.01. The Hall–Kier alpha value is -3.19. The second-order valence-electron chi connectivity index (χ2n) is 9.01. The van der Waals surface area contributed by atoms with Gasteiger partial charge in [0.25, 0.3) is 0 Å². The van der Waals surface area contributed by atoms with Gasteiger partial charge in [0.1, 0.15) is 27.8 Å². The van der Waals surface area contributed by atoms with E-state index in [0.29, 0.717) is 16.6 Å². The molecule has 1 N–H and O–H groups in total. The third-order valence-electron chi connectivity index (χ3n) is 6.07. The van der Waals surface area contributed by atoms with Crippen molar-refractivity contribution < 1.29 is 23.3 Å². The Morgan fingerprint density at radius 3 is 2.32 bits per heavy atom. The normalized spacial score (nSPS) is 14.9. The Kier molecular flexibility index (Phi) is 6.75. The topological polar surface area (TPSA) is 80.0 Å². The average Bonchev–Trinajstić information content (AvgIpc) is 3.25. The summed E-state index contributed by atoms with van der Waals surface area (Å²) in [5, 5.41) is 9.48. The standard InChI is InChI=1S/C27H31NO5S/c1-18(2)28(34(4,31)26-14-9-19(3)33-26)24-15-22-7-5-6-8-23(22)16-25(24)32-17-20-10-12-21(13-11-20)27(29)30/h9-16,18H,4-8,17H2,1-3H3,(H,29,30). The van der Waals surface area contributed by atoms with Gasteiger partial charge in [0.15, 0.2) is 0 Å². The van der Waals surface area contributed by atoms with Crippen molar-refractivity contribution in [3.05, 3.63) is 76.5 Å². The summed E-state index contributed by atoms with van der Waals surface area (Å²) < 4.78 is 27.9. The minimum Gasteiger partial charge on any atom is -0.487 e. The minimum atomic E-state index is -2.96. The van der Waals surface area contributed by atoms with Crippen LogP contribution in [0.15, 0.2) is 58.0 Å². The summed E-state index contributed by atoms with van der Waals surface area (Å²) in [5.74, 6) is 4.45. The summed E-state index contributed by atoms with van der Waals surface area (Å²) in [7, 11) is -2.96. The van der Waals surface area contributed by atoms with E-state index >= 15 is 0 Å². The summed E-state index contributed by atoms with van der Waals surface area (Å²) in [5.41, 5.74) is 4.30. The highest BCUT2D eigenvalue weighted by Gasteiger charge is 2.29. The lowest BCUT2D eigenvalue weighted by molar-refractivity contribution is 0.0697. The van der Waals surface area contributed by atoms with Crippen molar-refractivity contribution in [1.82, 2.24) is 0 Å². The molecular formula is C27H31NO5S. The number of rotatable bonds is 8. The lowest BCUT2D eigenvalue weighted by atomic mass is 9.91. The second-order valence-corrected chi connectivity index (χ2v) is 11.1. The van der Waals surface area contributed by atoms with Crippen LogP contribution in [-0.2, 0) is 29.2 Å². The molecule has 180 valence electrons. The fraction of sp³-hybridized carbons (Fsp3) is 0.333. The van der Waals surface area contributed by atoms with E-state index in [0.717, 1.165) is 36.9 Å². The summed E-state index contributed by atoms with van der Waals surface area (Å²) in [6.07, 6.45) is 4.22. The number of hydrogen-bond donors (Lipinski definition) is 1. The van der Waals surface area contributed by atoms with Gasteiger partial charge in [-0.1, -0.05) is 12.1 Å². The molecule has 34 heavy (non-hydrogen) atoms. The number of benzene rings is 2. The molecule has 6 nitrogen and oxygen atoms in total. The minimum absolute atomic E-state index is 0.130. The number of furan rings is 1. The monoisotopic (exact) mass is 481 g/mol. The Morgan fingerprint density at radius 1 is 1.12 bits per heavy atom. The summed E-state index contributed by atoms with van der Waals surface area (Å²) >= 11 is 0. The van der Waals surface area contributed by atoms with Crippen LogP contribution >= 0.6 is 0 Å². The quantitative estimate of drug-likeness (QED) is 0.421. The lowest BCUT2D eigenvalue weighted by Gasteiger charge is -2.33. The fourth-order valence-corrected chi connectivity index (χ4v) is 6.28. The van der Waals surface area contributed by atoms with Gasteiger partial charge >= 0.3 is 5.97 Å². The first-order valence-electron chi connectivity index (χ1n) is 11.5. The molecule has 0 saturated carbocycles. The molecule has 1 unspecified atom stereocenters. The van der Waals surface area contributed by atoms with E-state index in [2.05, 4.69) is 18.0 Å². The van der Waals surface area contributed by atoms with Crippen LogP contribution < -0.4 is 9.04 Å². The predicted octanol–water partition coefficient (Wildman–Crippen LogP) is 5.65. The number of aromatic carboxylic acids is 1. The summed E-state index contributed by atoms with van der Waals surface area (Å²) in [6, 6.07) is 14.2. The molecule has 0 radical (unpaired) electrons. The third-order valence-corrected chi connectivity index (χ3v) is 8.17. The van der Waals surface area contributed by atoms with E-state index in [1.807, 2.05) is 25.1 Å². The maximum Gasteiger partial charge on any atom is 0.335 e. The molecule has 0 amide bonds. The van der Waals surface area contributed by atoms with Crippen molar-refractivity contribution >= 4 is 27.2 Å². The molecule has 1 aliphatic carbocycles. The number of carboxylic acid groups (broad SMARTS) is 1. The highest BCUT2D eigenvalue weighted by Crippen LogP contribution is 2.39. The summed E-state index contributed by atoms with van der Waals surface area (Å²) in [4.78, 5) is 11.1. The zero-order chi connectivity index (χ0) is 24.5. The van der Waals surface area contributed by atoms with Crippen LogP contribution in [0, 0.1) is 6.92 Å². The molecule has 0 fully saturated rings. The Balaban J connectivity index is 1.74. The van der Waals surface area contributed by atoms with Gasteiger partial charge in [-0.3, -0.25) is 4.31 Å². The van der Waals surface area contributed by atoms with Crippen molar-refractivity contribution in [3.8, 4) is 5.75 Å². The molecule has 0 bridgehead atoms. The first-order chi connectivity index (χ1) is 16.2. The molecule has 1 aromatic heterocycles. The van der Waals surface area contributed by atoms with E-state index in [1.54, 1.807) is 36.4 Å². The van der Waals surface area contributed by atoms with Crippen LogP contribution in [0.3, 0.4) is 0 Å². The van der Waals surface area contributed by atoms with E-state index < -0.39 is 15.7 Å². The lowest BCUT2D eigenvalue weighted by Crippen LogP contribution is -2.37. The maximum atomic E-state index is 14.0. The number of ether oxygens (including phenoxy) is 1. The first kappa shape index (κ1) is 24.0. The number of carboxylic acids is 1. The van der Waals surface area contributed by atoms with E-state index in [1.165, 1.54) is 11.1 Å². The Bertz CT molecular complexity index is 1290. The number of hydrogen-bond acceptors (Lipinski definition) is 4. The molecule has 4 rings (SSSR count). The third kappa shape index (κ3) is 4.85. The zero-order valence-electron chi connectivity index (χ0n) is 19.9. The van der Waals surface area contributed by atoms with E-state index in [-0.39, 0.29) is 18.2 Å². The smallest absolute Gasteiger partial charge is 0.335 e. The van der Waals surface area contributed by atoms with Crippen LogP contribution in [0.4, 0.5) is 5.69 Å². The molecular weight excluding hydrogens is 450 g/mol. The SMILES string of the molecule is C=S(=O)(c1ccc(C)o1)N(c1cc2c(cc1OCc1ccc(C(=O)O)cc1)CCCC2)C(C)C. The van der Waals surface area contributed by atoms with Crippen molar-refractivity contribution in [2.75, 3.05) is 4.31 Å². The van der Waals surface area contributed by atoms with E-state index in [9.17, 15) is 9.00 Å². The van der Waals surface area contributed by atoms with Crippen molar-refractivity contribution in [2.45, 2.75) is 64.2 Å². The molecule has 2 aromatic carbocycles. The molecule has 0 spiro atoms. The van der Waals surface area contributed by atoms with Gasteiger partial charge < -0.3 is 14.3 Å². The predicted molar refractivity (Wildman–Crippen MR) is 135 cm³/mol. The maximum absolute atomic E-state index is 14.0. The molecule has 0 aliphatic heterocycles. The number of fused-ring (bicyclic) bond motifs is 1. The van der Waals surface area contributed by atoms with Gasteiger partial charge in [-0.15, -0.1) is 0 Å². The molecule has 1 atom stereocenters. The van der Waals surface area contributed by atoms with Crippen LogP contribution in [0.1, 0.15) is 59.5 Å². The first-order valence-corrected chi connectivity index (χ1v) is 13.2. The number of nitrogens with zero attached hydrogens (tertiary/aromatic N) is 1. The zero-order valence-corrected chi connectivity index (χ0v) is 20.7.